The molecular formula is C12H9F2NO4. The molecule has 0 aromatic heterocycles. The van der Waals surface area contributed by atoms with E-state index in [-0.39, 0.29) is 17.5 Å². The van der Waals surface area contributed by atoms with E-state index >= 15 is 0 Å². The minimum absolute atomic E-state index is 0.00572. The van der Waals surface area contributed by atoms with E-state index < -0.39 is 35.5 Å². The number of fused-ring (bicyclic) bond motifs is 1. The molecule has 5 nitrogen and oxygen atoms in total. The van der Waals surface area contributed by atoms with E-state index in [4.69, 9.17) is 5.11 Å². The highest BCUT2D eigenvalue weighted by atomic mass is 19.2. The smallest absolute Gasteiger partial charge is 0.326 e. The molecule has 1 aromatic rings. The van der Waals surface area contributed by atoms with Gasteiger partial charge in [-0.3, -0.25) is 14.5 Å². The number of halogens is 2. The predicted molar refractivity (Wildman–Crippen MR) is 58.6 cm³/mol. The summed E-state index contributed by atoms with van der Waals surface area (Å²) in [4.78, 5) is 35.4. The highest BCUT2D eigenvalue weighted by Gasteiger charge is 2.42. The fourth-order valence-electron chi connectivity index (χ4n) is 2.00. The summed E-state index contributed by atoms with van der Waals surface area (Å²) in [7, 11) is 0. The summed E-state index contributed by atoms with van der Waals surface area (Å²) in [6, 6.07) is -0.127. The average molecular weight is 269 g/mol. The fourth-order valence-corrected chi connectivity index (χ4v) is 2.00. The van der Waals surface area contributed by atoms with Crippen molar-refractivity contribution in [3.63, 3.8) is 0 Å². The van der Waals surface area contributed by atoms with Gasteiger partial charge >= 0.3 is 5.97 Å². The third kappa shape index (κ3) is 1.87. The molecule has 0 saturated heterocycles. The van der Waals surface area contributed by atoms with E-state index in [9.17, 15) is 23.2 Å². The summed E-state index contributed by atoms with van der Waals surface area (Å²) in [5.41, 5.74) is -0.632. The molecule has 100 valence electrons. The Morgan fingerprint density at radius 2 is 1.63 bits per heavy atom. The largest absolute Gasteiger partial charge is 0.480 e. The maximum Gasteiger partial charge on any atom is 0.326 e. The second kappa shape index (κ2) is 4.42. The number of hydrogen-bond donors (Lipinski definition) is 1. The second-order valence-electron chi connectivity index (χ2n) is 4.05. The van der Waals surface area contributed by atoms with Crippen molar-refractivity contribution >= 4 is 17.8 Å². The van der Waals surface area contributed by atoms with Crippen LogP contribution in [0.15, 0.2) is 12.1 Å². The summed E-state index contributed by atoms with van der Waals surface area (Å²) in [5, 5.41) is 8.96. The lowest BCUT2D eigenvalue weighted by Gasteiger charge is -2.20. The van der Waals surface area contributed by atoms with Crippen LogP contribution < -0.4 is 0 Å². The van der Waals surface area contributed by atoms with Gasteiger partial charge in [0.05, 0.1) is 11.1 Å². The SMILES string of the molecule is CCC(C(=O)O)N1C(=O)c2cc(F)c(F)cc2C1=O. The molecule has 7 heteroatoms. The second-order valence-corrected chi connectivity index (χ2v) is 4.05. The Labute approximate surface area is 106 Å². The first-order valence-electron chi connectivity index (χ1n) is 5.48. The van der Waals surface area contributed by atoms with Crippen molar-refractivity contribution in [2.45, 2.75) is 19.4 Å². The van der Waals surface area contributed by atoms with Gasteiger partial charge in [-0.05, 0) is 18.6 Å². The van der Waals surface area contributed by atoms with Crippen LogP contribution >= 0.6 is 0 Å². The molecule has 1 aromatic carbocycles. The van der Waals surface area contributed by atoms with E-state index in [0.717, 1.165) is 0 Å². The normalized spacial score (nSPS) is 15.6. The van der Waals surface area contributed by atoms with E-state index in [1.165, 1.54) is 6.92 Å². The molecule has 0 radical (unpaired) electrons. The van der Waals surface area contributed by atoms with Gasteiger partial charge in [-0.2, -0.15) is 0 Å². The number of carboxylic acid groups (broad SMARTS) is 1. The van der Waals surface area contributed by atoms with Gasteiger partial charge in [0.25, 0.3) is 11.8 Å². The lowest BCUT2D eigenvalue weighted by atomic mass is 10.1. The standard InChI is InChI=1S/C12H9F2NO4/c1-2-9(12(18)19)15-10(16)5-3-7(13)8(14)4-6(5)11(15)17/h3-4,9H,2H2,1H3,(H,18,19). The topological polar surface area (TPSA) is 74.7 Å². The Hall–Kier alpha value is -2.31. The third-order valence-corrected chi connectivity index (χ3v) is 2.94. The van der Waals surface area contributed by atoms with Gasteiger partial charge in [-0.25, -0.2) is 13.6 Å². The van der Waals surface area contributed by atoms with Crippen LogP contribution in [0.5, 0.6) is 0 Å². The third-order valence-electron chi connectivity index (χ3n) is 2.94. The number of hydrogen-bond acceptors (Lipinski definition) is 3. The molecule has 0 saturated carbocycles. The first kappa shape index (κ1) is 13.1. The van der Waals surface area contributed by atoms with Crippen molar-refractivity contribution < 1.29 is 28.3 Å². The Morgan fingerprint density at radius 1 is 1.21 bits per heavy atom. The van der Waals surface area contributed by atoms with Gasteiger partial charge < -0.3 is 5.11 Å². The van der Waals surface area contributed by atoms with Crippen LogP contribution in [0.1, 0.15) is 34.1 Å². The molecule has 2 amide bonds. The molecule has 0 bridgehead atoms. The lowest BCUT2D eigenvalue weighted by Crippen LogP contribution is -2.44. The van der Waals surface area contributed by atoms with Gasteiger partial charge in [-0.15, -0.1) is 0 Å². The number of aliphatic carboxylic acids is 1. The molecule has 0 spiro atoms. The van der Waals surface area contributed by atoms with Gasteiger partial charge in [-0.1, -0.05) is 6.92 Å². The van der Waals surface area contributed by atoms with E-state index in [0.29, 0.717) is 17.0 Å². The Balaban J connectivity index is 2.53. The minimum atomic E-state index is -1.35. The maximum absolute atomic E-state index is 13.1. The van der Waals surface area contributed by atoms with Gasteiger partial charge in [0.1, 0.15) is 6.04 Å². The summed E-state index contributed by atoms with van der Waals surface area (Å²) in [5.74, 6) is -5.71. The van der Waals surface area contributed by atoms with Gasteiger partial charge in [0.2, 0.25) is 0 Å². The summed E-state index contributed by atoms with van der Waals surface area (Å²) in [6.45, 7) is 1.49. The zero-order chi connectivity index (χ0) is 14.3. The van der Waals surface area contributed by atoms with Gasteiger partial charge in [0.15, 0.2) is 11.6 Å². The summed E-state index contributed by atoms with van der Waals surface area (Å²) < 4.78 is 26.1. The maximum atomic E-state index is 13.1. The highest BCUT2D eigenvalue weighted by molar-refractivity contribution is 6.22. The summed E-state index contributed by atoms with van der Waals surface area (Å²) in [6.07, 6.45) is 0.00572. The molecule has 19 heavy (non-hydrogen) atoms. The van der Waals surface area contributed by atoms with Crippen molar-refractivity contribution in [3.8, 4) is 0 Å². The number of benzene rings is 1. The van der Waals surface area contributed by atoms with Crippen LogP contribution in [0.25, 0.3) is 0 Å². The highest BCUT2D eigenvalue weighted by Crippen LogP contribution is 2.27. The first-order chi connectivity index (χ1) is 8.88. The van der Waals surface area contributed by atoms with Gasteiger partial charge in [0, 0.05) is 0 Å². The predicted octanol–water partition coefficient (Wildman–Crippen LogP) is 1.42. The van der Waals surface area contributed by atoms with Crippen LogP contribution in [0.4, 0.5) is 8.78 Å². The number of nitrogens with zero attached hydrogens (tertiary/aromatic N) is 1. The Bertz CT molecular complexity index is 559. The summed E-state index contributed by atoms with van der Waals surface area (Å²) >= 11 is 0. The Kier molecular flexibility index (Phi) is 3.05. The van der Waals surface area contributed by atoms with Crippen LogP contribution in [0.3, 0.4) is 0 Å². The number of carboxylic acids is 1. The van der Waals surface area contributed by atoms with Crippen LogP contribution in [0.2, 0.25) is 0 Å². The zero-order valence-electron chi connectivity index (χ0n) is 9.81. The molecule has 1 aliphatic rings. The Morgan fingerprint density at radius 3 is 1.95 bits per heavy atom. The van der Waals surface area contributed by atoms with Crippen molar-refractivity contribution in [2.24, 2.45) is 0 Å². The minimum Gasteiger partial charge on any atom is -0.480 e. The molecule has 1 unspecified atom stereocenters. The lowest BCUT2D eigenvalue weighted by molar-refractivity contribution is -0.141. The van der Waals surface area contributed by atoms with E-state index in [1.807, 2.05) is 0 Å². The molecule has 0 fully saturated rings. The molecular weight excluding hydrogens is 260 g/mol. The van der Waals surface area contributed by atoms with Crippen molar-refractivity contribution in [3.05, 3.63) is 34.9 Å². The zero-order valence-corrected chi connectivity index (χ0v) is 9.81. The number of amides is 2. The van der Waals surface area contributed by atoms with E-state index in [2.05, 4.69) is 0 Å². The molecule has 1 heterocycles. The molecule has 2 rings (SSSR count). The van der Waals surface area contributed by atoms with Crippen molar-refractivity contribution in [2.75, 3.05) is 0 Å². The molecule has 0 aliphatic carbocycles. The molecule has 1 N–H and O–H groups in total. The quantitative estimate of drug-likeness (QED) is 0.842. The number of carbonyl (C=O) groups excluding carboxylic acids is 2. The fraction of sp³-hybridized carbons (Fsp3) is 0.250. The monoisotopic (exact) mass is 269 g/mol. The van der Waals surface area contributed by atoms with Crippen LogP contribution in [-0.4, -0.2) is 33.8 Å². The van der Waals surface area contributed by atoms with E-state index in [1.54, 1.807) is 0 Å². The van der Waals surface area contributed by atoms with Crippen molar-refractivity contribution in [1.82, 2.24) is 4.90 Å². The molecule has 1 atom stereocenters. The van der Waals surface area contributed by atoms with Crippen LogP contribution in [-0.2, 0) is 4.79 Å². The average Bonchev–Trinajstić information content (AvgIpc) is 2.56. The number of carbonyl (C=O) groups is 3. The first-order valence-corrected chi connectivity index (χ1v) is 5.48. The van der Waals surface area contributed by atoms with Crippen LogP contribution in [0, 0.1) is 11.6 Å². The number of rotatable bonds is 3. The molecule has 1 aliphatic heterocycles. The number of imide groups is 1. The van der Waals surface area contributed by atoms with Crippen molar-refractivity contribution in [1.29, 1.82) is 0 Å².